The Hall–Kier alpha value is -2.17. The van der Waals surface area contributed by atoms with Crippen LogP contribution >= 0.6 is 0 Å². The van der Waals surface area contributed by atoms with E-state index in [0.29, 0.717) is 11.7 Å². The SMILES string of the molecule is Cc1cc(C(=O)NC2CCCCC2)nc(-c2cncn2C)c1. The minimum atomic E-state index is -0.0704. The summed E-state index contributed by atoms with van der Waals surface area (Å²) in [5, 5.41) is 3.13. The van der Waals surface area contributed by atoms with Crippen molar-refractivity contribution >= 4 is 5.91 Å². The van der Waals surface area contributed by atoms with Crippen molar-refractivity contribution in [1.82, 2.24) is 19.9 Å². The van der Waals surface area contributed by atoms with Gasteiger partial charge in [0.05, 0.1) is 23.9 Å². The predicted octanol–water partition coefficient (Wildman–Crippen LogP) is 2.85. The number of nitrogens with zero attached hydrogens (tertiary/aromatic N) is 3. The smallest absolute Gasteiger partial charge is 0.270 e. The molecule has 0 radical (unpaired) electrons. The quantitative estimate of drug-likeness (QED) is 0.948. The topological polar surface area (TPSA) is 59.8 Å². The number of nitrogens with one attached hydrogen (secondary N) is 1. The number of hydrogen-bond donors (Lipinski definition) is 1. The molecule has 116 valence electrons. The third-order valence-corrected chi connectivity index (χ3v) is 4.22. The number of pyridine rings is 1. The molecule has 22 heavy (non-hydrogen) atoms. The second kappa shape index (κ2) is 6.30. The molecule has 0 aliphatic heterocycles. The van der Waals surface area contributed by atoms with Gasteiger partial charge in [-0.15, -0.1) is 0 Å². The molecule has 2 aromatic heterocycles. The van der Waals surface area contributed by atoms with Gasteiger partial charge in [0.25, 0.3) is 5.91 Å². The molecule has 0 spiro atoms. The molecule has 2 heterocycles. The van der Waals surface area contributed by atoms with Gasteiger partial charge in [0, 0.05) is 13.1 Å². The minimum absolute atomic E-state index is 0.0704. The maximum absolute atomic E-state index is 12.5. The molecule has 3 rings (SSSR count). The molecule has 1 aliphatic carbocycles. The van der Waals surface area contributed by atoms with Crippen LogP contribution in [0.15, 0.2) is 24.7 Å². The summed E-state index contributed by atoms with van der Waals surface area (Å²) in [6.45, 7) is 1.99. The molecule has 1 fully saturated rings. The molecular formula is C17H22N4O. The average molecular weight is 298 g/mol. The van der Waals surface area contributed by atoms with Gasteiger partial charge in [-0.2, -0.15) is 0 Å². The number of hydrogen-bond acceptors (Lipinski definition) is 3. The van der Waals surface area contributed by atoms with E-state index in [1.807, 2.05) is 30.7 Å². The van der Waals surface area contributed by atoms with Gasteiger partial charge in [0.15, 0.2) is 0 Å². The Bertz CT molecular complexity index is 671. The number of aryl methyl sites for hydroxylation is 2. The van der Waals surface area contributed by atoms with Gasteiger partial charge in [0.1, 0.15) is 5.69 Å². The van der Waals surface area contributed by atoms with Crippen LogP contribution in [0.1, 0.15) is 48.2 Å². The largest absolute Gasteiger partial charge is 0.348 e. The highest BCUT2D eigenvalue weighted by Crippen LogP contribution is 2.20. The van der Waals surface area contributed by atoms with Crippen molar-refractivity contribution in [3.05, 3.63) is 35.9 Å². The van der Waals surface area contributed by atoms with E-state index in [2.05, 4.69) is 15.3 Å². The van der Waals surface area contributed by atoms with Crippen molar-refractivity contribution in [3.8, 4) is 11.4 Å². The number of imidazole rings is 1. The van der Waals surface area contributed by atoms with Crippen molar-refractivity contribution in [2.45, 2.75) is 45.1 Å². The van der Waals surface area contributed by atoms with E-state index in [9.17, 15) is 4.79 Å². The van der Waals surface area contributed by atoms with Crippen LogP contribution in [0, 0.1) is 6.92 Å². The second-order valence-electron chi connectivity index (χ2n) is 6.11. The molecule has 0 atom stereocenters. The normalized spacial score (nSPS) is 15.7. The van der Waals surface area contributed by atoms with Gasteiger partial charge in [-0.05, 0) is 37.5 Å². The first-order chi connectivity index (χ1) is 10.6. The van der Waals surface area contributed by atoms with Crippen LogP contribution in [0.5, 0.6) is 0 Å². The zero-order valence-corrected chi connectivity index (χ0v) is 13.2. The van der Waals surface area contributed by atoms with Gasteiger partial charge in [-0.25, -0.2) is 9.97 Å². The third kappa shape index (κ3) is 3.18. The van der Waals surface area contributed by atoms with Crippen molar-refractivity contribution in [2.75, 3.05) is 0 Å². The molecule has 0 saturated heterocycles. The Labute approximate surface area is 130 Å². The molecule has 0 aromatic carbocycles. The summed E-state index contributed by atoms with van der Waals surface area (Å²) in [6.07, 6.45) is 9.34. The summed E-state index contributed by atoms with van der Waals surface area (Å²) in [6, 6.07) is 4.12. The fourth-order valence-corrected chi connectivity index (χ4v) is 3.03. The lowest BCUT2D eigenvalue weighted by Crippen LogP contribution is -2.36. The van der Waals surface area contributed by atoms with Crippen LogP contribution in [-0.2, 0) is 7.05 Å². The predicted molar refractivity (Wildman–Crippen MR) is 85.5 cm³/mol. The fraction of sp³-hybridized carbons (Fsp3) is 0.471. The van der Waals surface area contributed by atoms with E-state index >= 15 is 0 Å². The zero-order chi connectivity index (χ0) is 15.5. The van der Waals surface area contributed by atoms with Crippen molar-refractivity contribution < 1.29 is 4.79 Å². The van der Waals surface area contributed by atoms with E-state index in [0.717, 1.165) is 29.8 Å². The number of amides is 1. The first-order valence-corrected chi connectivity index (χ1v) is 7.90. The number of carbonyl (C=O) groups excluding carboxylic acids is 1. The van der Waals surface area contributed by atoms with Crippen LogP contribution in [0.4, 0.5) is 0 Å². The minimum Gasteiger partial charge on any atom is -0.348 e. The summed E-state index contributed by atoms with van der Waals surface area (Å²) >= 11 is 0. The molecule has 0 unspecified atom stereocenters. The standard InChI is InChI=1S/C17H22N4O/c1-12-8-14(16-10-18-11-21(16)2)20-15(9-12)17(22)19-13-6-4-3-5-7-13/h8-11,13H,3-7H2,1-2H3,(H,19,22). The number of carbonyl (C=O) groups is 1. The number of rotatable bonds is 3. The molecule has 1 aliphatic rings. The fourth-order valence-electron chi connectivity index (χ4n) is 3.03. The van der Waals surface area contributed by atoms with Crippen LogP contribution in [0.25, 0.3) is 11.4 Å². The maximum Gasteiger partial charge on any atom is 0.270 e. The molecule has 1 amide bonds. The molecule has 1 saturated carbocycles. The Balaban J connectivity index is 1.82. The number of aromatic nitrogens is 3. The highest BCUT2D eigenvalue weighted by Gasteiger charge is 2.18. The van der Waals surface area contributed by atoms with Gasteiger partial charge in [-0.1, -0.05) is 19.3 Å². The van der Waals surface area contributed by atoms with Crippen LogP contribution in [0.2, 0.25) is 0 Å². The highest BCUT2D eigenvalue weighted by molar-refractivity contribution is 5.93. The van der Waals surface area contributed by atoms with Crippen LogP contribution < -0.4 is 5.32 Å². The van der Waals surface area contributed by atoms with Crippen molar-refractivity contribution in [2.24, 2.45) is 7.05 Å². The summed E-state index contributed by atoms with van der Waals surface area (Å²) < 4.78 is 1.91. The third-order valence-electron chi connectivity index (χ3n) is 4.22. The maximum atomic E-state index is 12.5. The molecule has 5 heteroatoms. The Kier molecular flexibility index (Phi) is 4.22. The second-order valence-corrected chi connectivity index (χ2v) is 6.11. The summed E-state index contributed by atoms with van der Waals surface area (Å²) in [7, 11) is 1.92. The summed E-state index contributed by atoms with van der Waals surface area (Å²) in [5.74, 6) is -0.0704. The van der Waals surface area contributed by atoms with E-state index in [-0.39, 0.29) is 5.91 Å². The Morgan fingerprint density at radius 1 is 1.27 bits per heavy atom. The van der Waals surface area contributed by atoms with Crippen LogP contribution in [-0.4, -0.2) is 26.5 Å². The van der Waals surface area contributed by atoms with E-state index < -0.39 is 0 Å². The monoisotopic (exact) mass is 298 g/mol. The Morgan fingerprint density at radius 2 is 2.05 bits per heavy atom. The average Bonchev–Trinajstić information content (AvgIpc) is 2.94. The first-order valence-electron chi connectivity index (χ1n) is 7.90. The van der Waals surface area contributed by atoms with Crippen LogP contribution in [0.3, 0.4) is 0 Å². The van der Waals surface area contributed by atoms with Crippen molar-refractivity contribution in [1.29, 1.82) is 0 Å². The molecule has 5 nitrogen and oxygen atoms in total. The molecule has 0 bridgehead atoms. The molecular weight excluding hydrogens is 276 g/mol. The lowest BCUT2D eigenvalue weighted by molar-refractivity contribution is 0.0922. The van der Waals surface area contributed by atoms with Gasteiger partial charge < -0.3 is 9.88 Å². The van der Waals surface area contributed by atoms with Gasteiger partial charge in [0.2, 0.25) is 0 Å². The van der Waals surface area contributed by atoms with Gasteiger partial charge in [-0.3, -0.25) is 4.79 Å². The lowest BCUT2D eigenvalue weighted by Gasteiger charge is -2.22. The van der Waals surface area contributed by atoms with E-state index in [1.54, 1.807) is 12.5 Å². The Morgan fingerprint density at radius 3 is 2.73 bits per heavy atom. The summed E-state index contributed by atoms with van der Waals surface area (Å²) in [5.41, 5.74) is 3.21. The first kappa shape index (κ1) is 14.8. The van der Waals surface area contributed by atoms with Gasteiger partial charge >= 0.3 is 0 Å². The molecule has 2 aromatic rings. The van der Waals surface area contributed by atoms with E-state index in [4.69, 9.17) is 0 Å². The highest BCUT2D eigenvalue weighted by atomic mass is 16.1. The zero-order valence-electron chi connectivity index (χ0n) is 13.2. The lowest BCUT2D eigenvalue weighted by atomic mass is 9.95. The van der Waals surface area contributed by atoms with Crippen molar-refractivity contribution in [3.63, 3.8) is 0 Å². The molecule has 1 N–H and O–H groups in total. The summed E-state index contributed by atoms with van der Waals surface area (Å²) in [4.78, 5) is 21.1. The van der Waals surface area contributed by atoms with E-state index in [1.165, 1.54) is 19.3 Å².